The molecule has 8 heteroatoms. The van der Waals surface area contributed by atoms with Gasteiger partial charge < -0.3 is 10.1 Å². The molecule has 0 atom stereocenters. The average molecular weight is 370 g/mol. The minimum absolute atomic E-state index is 0.0664. The number of hydrogen-bond acceptors (Lipinski definition) is 5. The van der Waals surface area contributed by atoms with Gasteiger partial charge in [-0.15, -0.1) is 5.10 Å². The number of aromatic nitrogens is 3. The van der Waals surface area contributed by atoms with Crippen molar-refractivity contribution in [3.05, 3.63) is 76.4 Å². The van der Waals surface area contributed by atoms with E-state index in [-0.39, 0.29) is 18.2 Å². The molecule has 0 unspecified atom stereocenters. The molecule has 0 fully saturated rings. The van der Waals surface area contributed by atoms with Gasteiger partial charge in [-0.25, -0.2) is 0 Å². The van der Waals surface area contributed by atoms with Gasteiger partial charge in [-0.05, 0) is 28.5 Å². The van der Waals surface area contributed by atoms with Crippen molar-refractivity contribution >= 4 is 23.7 Å². The van der Waals surface area contributed by atoms with Crippen molar-refractivity contribution in [3.8, 4) is 5.88 Å². The van der Waals surface area contributed by atoms with E-state index in [9.17, 15) is 4.79 Å². The summed E-state index contributed by atoms with van der Waals surface area (Å²) < 4.78 is 5.77. The van der Waals surface area contributed by atoms with Crippen LogP contribution in [0, 0.1) is 0 Å². The third-order valence-electron chi connectivity index (χ3n) is 3.46. The van der Waals surface area contributed by atoms with E-state index < -0.39 is 5.91 Å². The Morgan fingerprint density at radius 2 is 1.96 bits per heavy atom. The molecule has 7 nitrogen and oxygen atoms in total. The Kier molecular flexibility index (Phi) is 5.60. The molecule has 26 heavy (non-hydrogen) atoms. The minimum atomic E-state index is -0.402. The molecule has 0 bridgehead atoms. The summed E-state index contributed by atoms with van der Waals surface area (Å²) in [5.74, 6) is -0.237. The maximum absolute atomic E-state index is 12.0. The van der Waals surface area contributed by atoms with Crippen LogP contribution in [-0.4, -0.2) is 34.3 Å². The molecule has 0 spiro atoms. The van der Waals surface area contributed by atoms with Crippen LogP contribution in [0.15, 0.2) is 59.7 Å². The summed E-state index contributed by atoms with van der Waals surface area (Å²) >= 11 is 5.87. The zero-order chi connectivity index (χ0) is 18.4. The fourth-order valence-electron chi connectivity index (χ4n) is 2.12. The Labute approximate surface area is 155 Å². The van der Waals surface area contributed by atoms with Gasteiger partial charge in [0.25, 0.3) is 11.8 Å². The Hall–Kier alpha value is -3.19. The van der Waals surface area contributed by atoms with Crippen LogP contribution in [0.5, 0.6) is 5.88 Å². The monoisotopic (exact) mass is 369 g/mol. The Morgan fingerprint density at radius 3 is 2.65 bits per heavy atom. The lowest BCUT2D eigenvalue weighted by molar-refractivity contribution is 0.0953. The van der Waals surface area contributed by atoms with Gasteiger partial charge >= 0.3 is 0 Å². The van der Waals surface area contributed by atoms with Gasteiger partial charge in [0.05, 0.1) is 6.21 Å². The predicted octanol–water partition coefficient (Wildman–Crippen LogP) is 2.75. The van der Waals surface area contributed by atoms with E-state index in [1.165, 1.54) is 11.8 Å². The van der Waals surface area contributed by atoms with Crippen molar-refractivity contribution in [2.24, 2.45) is 5.10 Å². The molecule has 1 heterocycles. The first-order valence-corrected chi connectivity index (χ1v) is 8.19. The van der Waals surface area contributed by atoms with Crippen LogP contribution in [0.25, 0.3) is 0 Å². The molecular weight excluding hydrogens is 354 g/mol. The fraction of sp³-hybridized carbons (Fsp3) is 0.111. The molecule has 3 aromatic rings. The zero-order valence-electron chi connectivity index (χ0n) is 14.0. The van der Waals surface area contributed by atoms with E-state index in [0.717, 1.165) is 11.1 Å². The third kappa shape index (κ3) is 4.25. The summed E-state index contributed by atoms with van der Waals surface area (Å²) in [4.78, 5) is 13.2. The highest BCUT2D eigenvalue weighted by atomic mass is 35.5. The van der Waals surface area contributed by atoms with Crippen LogP contribution in [0.1, 0.15) is 21.6 Å². The predicted molar refractivity (Wildman–Crippen MR) is 98.6 cm³/mol. The van der Waals surface area contributed by atoms with Gasteiger partial charge in [0, 0.05) is 12.1 Å². The van der Waals surface area contributed by atoms with E-state index in [2.05, 4.69) is 20.7 Å². The highest BCUT2D eigenvalue weighted by molar-refractivity contribution is 6.30. The van der Waals surface area contributed by atoms with Gasteiger partial charge in [-0.2, -0.15) is 5.10 Å². The first-order chi connectivity index (χ1) is 12.7. The number of hydrogen-bond donors (Lipinski definition) is 1. The Balaban J connectivity index is 1.85. The first-order valence-electron chi connectivity index (χ1n) is 7.82. The van der Waals surface area contributed by atoms with Crippen LogP contribution < -0.4 is 10.1 Å². The summed E-state index contributed by atoms with van der Waals surface area (Å²) in [6.07, 6.45) is 1.58. The molecule has 132 valence electrons. The highest BCUT2D eigenvalue weighted by Crippen LogP contribution is 2.18. The Morgan fingerprint density at radius 1 is 1.23 bits per heavy atom. The molecule has 2 aromatic carbocycles. The van der Waals surface area contributed by atoms with Crippen molar-refractivity contribution in [1.82, 2.24) is 20.4 Å². The normalized spacial score (nSPS) is 10.8. The van der Waals surface area contributed by atoms with E-state index in [0.29, 0.717) is 5.02 Å². The van der Waals surface area contributed by atoms with E-state index in [1.807, 2.05) is 42.5 Å². The maximum Gasteiger partial charge on any atom is 0.277 e. The number of benzene rings is 2. The van der Waals surface area contributed by atoms with Crippen molar-refractivity contribution in [3.63, 3.8) is 0 Å². The summed E-state index contributed by atoms with van der Waals surface area (Å²) in [5, 5.41) is 15.1. The molecule has 0 aliphatic carbocycles. The van der Waals surface area contributed by atoms with E-state index >= 15 is 0 Å². The summed E-state index contributed by atoms with van der Waals surface area (Å²) in [7, 11) is 1.51. The number of halogens is 1. The number of nitrogens with one attached hydrogen (secondary N) is 1. The molecule has 1 amide bonds. The maximum atomic E-state index is 12.0. The van der Waals surface area contributed by atoms with Gasteiger partial charge in [0.2, 0.25) is 5.69 Å². The molecule has 0 saturated heterocycles. The van der Waals surface area contributed by atoms with Gasteiger partial charge in [0.1, 0.15) is 6.61 Å². The molecule has 0 radical (unpaired) electrons. The lowest BCUT2D eigenvalue weighted by atomic mass is 10.2. The Bertz CT molecular complexity index is 907. The van der Waals surface area contributed by atoms with E-state index in [1.54, 1.807) is 18.3 Å². The van der Waals surface area contributed by atoms with Crippen molar-refractivity contribution in [2.45, 2.75) is 6.61 Å². The number of carbonyl (C=O) groups is 1. The molecule has 0 saturated carbocycles. The number of nitrogens with zero attached hydrogens (tertiary/aromatic N) is 4. The second-order valence-electron chi connectivity index (χ2n) is 5.28. The van der Waals surface area contributed by atoms with E-state index in [4.69, 9.17) is 16.3 Å². The van der Waals surface area contributed by atoms with Gasteiger partial charge in [-0.3, -0.25) is 4.79 Å². The zero-order valence-corrected chi connectivity index (χ0v) is 14.7. The van der Waals surface area contributed by atoms with Crippen molar-refractivity contribution in [2.75, 3.05) is 7.05 Å². The number of ether oxygens (including phenoxy) is 1. The fourth-order valence-corrected chi connectivity index (χ4v) is 2.25. The standard InChI is InChI=1S/C18H16ClN5O2/c1-20-17(25)16-18(26-12-14-5-3-2-4-6-14)24(23-22-16)21-11-13-7-9-15(19)10-8-13/h2-11H,12H2,1H3,(H,20,25)/b21-11-. The van der Waals surface area contributed by atoms with Crippen molar-refractivity contribution < 1.29 is 9.53 Å². The molecule has 1 aromatic heterocycles. The van der Waals surface area contributed by atoms with Crippen LogP contribution >= 0.6 is 11.6 Å². The van der Waals surface area contributed by atoms with Crippen LogP contribution in [-0.2, 0) is 6.61 Å². The number of rotatable bonds is 6. The second-order valence-corrected chi connectivity index (χ2v) is 5.72. The first kappa shape index (κ1) is 17.6. The van der Waals surface area contributed by atoms with Gasteiger partial charge in [0.15, 0.2) is 0 Å². The lowest BCUT2D eigenvalue weighted by Crippen LogP contribution is -2.19. The van der Waals surface area contributed by atoms with Crippen molar-refractivity contribution in [1.29, 1.82) is 0 Å². The summed E-state index contributed by atoms with van der Waals surface area (Å²) in [6.45, 7) is 0.259. The van der Waals surface area contributed by atoms with Crippen LogP contribution in [0.4, 0.5) is 0 Å². The molecule has 0 aliphatic heterocycles. The highest BCUT2D eigenvalue weighted by Gasteiger charge is 2.20. The molecule has 1 N–H and O–H groups in total. The topological polar surface area (TPSA) is 81.4 Å². The summed E-state index contributed by atoms with van der Waals surface area (Å²) in [6, 6.07) is 16.7. The molecule has 0 aliphatic rings. The second kappa shape index (κ2) is 8.26. The van der Waals surface area contributed by atoms with Crippen LogP contribution in [0.3, 0.4) is 0 Å². The largest absolute Gasteiger partial charge is 0.470 e. The lowest BCUT2D eigenvalue weighted by Gasteiger charge is -2.07. The number of carbonyl (C=O) groups excluding carboxylic acids is 1. The smallest absolute Gasteiger partial charge is 0.277 e. The quantitative estimate of drug-likeness (QED) is 0.677. The van der Waals surface area contributed by atoms with Gasteiger partial charge in [-0.1, -0.05) is 58.9 Å². The number of amides is 1. The third-order valence-corrected chi connectivity index (χ3v) is 3.71. The minimum Gasteiger partial charge on any atom is -0.470 e. The van der Waals surface area contributed by atoms with Crippen LogP contribution in [0.2, 0.25) is 5.02 Å². The molecular formula is C18H16ClN5O2. The molecule has 3 rings (SSSR count). The summed E-state index contributed by atoms with van der Waals surface area (Å²) in [5.41, 5.74) is 1.84. The SMILES string of the molecule is CNC(=O)c1nnn(/N=C\c2ccc(Cl)cc2)c1OCc1ccccc1. The average Bonchev–Trinajstić information content (AvgIpc) is 3.09.